The van der Waals surface area contributed by atoms with Crippen LogP contribution in [0.5, 0.6) is 0 Å². The number of likely N-dealkylation sites (tertiary alicyclic amines) is 1. The average Bonchev–Trinajstić information content (AvgIpc) is 2.59. The molecule has 0 aromatic carbocycles. The second-order valence-corrected chi connectivity index (χ2v) is 5.14. The van der Waals surface area contributed by atoms with Gasteiger partial charge in [-0.3, -0.25) is 4.79 Å². The normalized spacial score (nSPS) is 18.7. The number of hydrogen-bond donors (Lipinski definition) is 1. The van der Waals surface area contributed by atoms with Crippen LogP contribution in [0.2, 0.25) is 0 Å². The Morgan fingerprint density at radius 3 is 2.80 bits per heavy atom. The summed E-state index contributed by atoms with van der Waals surface area (Å²) in [6.07, 6.45) is 0.709. The molecule has 0 unspecified atom stereocenters. The van der Waals surface area contributed by atoms with Crippen LogP contribution in [0.25, 0.3) is 0 Å². The van der Waals surface area contributed by atoms with Crippen LogP contribution in [0, 0.1) is 6.92 Å². The van der Waals surface area contributed by atoms with E-state index >= 15 is 0 Å². The maximum absolute atomic E-state index is 11.9. The number of nitrogens with zero attached hydrogens (tertiary/aromatic N) is 1. The lowest BCUT2D eigenvalue weighted by Crippen LogP contribution is -2.63. The van der Waals surface area contributed by atoms with E-state index < -0.39 is 5.60 Å². The Hall–Kier alpha value is -0.870. The second-order valence-electron chi connectivity index (χ2n) is 4.23. The van der Waals surface area contributed by atoms with E-state index in [0.717, 1.165) is 10.4 Å². The molecule has 2 rings (SSSR count). The SMILES string of the molecule is CCC1(O)CN(C(=O)c2cc(C)cs2)C1. The first-order valence-electron chi connectivity index (χ1n) is 5.11. The molecule has 0 aliphatic carbocycles. The molecule has 0 saturated carbocycles. The van der Waals surface area contributed by atoms with Crippen molar-refractivity contribution in [2.75, 3.05) is 13.1 Å². The molecule has 2 heterocycles. The third-order valence-corrected chi connectivity index (χ3v) is 3.89. The molecule has 1 amide bonds. The molecule has 15 heavy (non-hydrogen) atoms. The quantitative estimate of drug-likeness (QED) is 0.831. The van der Waals surface area contributed by atoms with E-state index in [-0.39, 0.29) is 5.91 Å². The number of rotatable bonds is 2. The van der Waals surface area contributed by atoms with Gasteiger partial charge in [0.2, 0.25) is 0 Å². The predicted octanol–water partition coefficient (Wildman–Crippen LogP) is 1.65. The average molecular weight is 225 g/mol. The largest absolute Gasteiger partial charge is 0.386 e. The number of hydrogen-bond acceptors (Lipinski definition) is 3. The van der Waals surface area contributed by atoms with Crippen LogP contribution >= 0.6 is 11.3 Å². The monoisotopic (exact) mass is 225 g/mol. The molecule has 0 bridgehead atoms. The summed E-state index contributed by atoms with van der Waals surface area (Å²) >= 11 is 1.47. The summed E-state index contributed by atoms with van der Waals surface area (Å²) in [5.74, 6) is 0.0474. The first kappa shape index (κ1) is 10.6. The van der Waals surface area contributed by atoms with E-state index in [9.17, 15) is 9.90 Å². The van der Waals surface area contributed by atoms with Gasteiger partial charge in [-0.2, -0.15) is 0 Å². The highest BCUT2D eigenvalue weighted by Crippen LogP contribution is 2.27. The molecule has 1 aromatic rings. The lowest BCUT2D eigenvalue weighted by atomic mass is 9.91. The number of carbonyl (C=O) groups is 1. The van der Waals surface area contributed by atoms with Crippen molar-refractivity contribution in [3.63, 3.8) is 0 Å². The van der Waals surface area contributed by atoms with Gasteiger partial charge in [-0.1, -0.05) is 6.92 Å². The third-order valence-electron chi connectivity index (χ3n) is 2.86. The molecule has 82 valence electrons. The molecule has 1 aliphatic heterocycles. The minimum absolute atomic E-state index is 0.0474. The first-order chi connectivity index (χ1) is 7.04. The second kappa shape index (κ2) is 3.61. The Kier molecular flexibility index (Phi) is 2.56. The van der Waals surface area contributed by atoms with Crippen molar-refractivity contribution in [1.29, 1.82) is 0 Å². The summed E-state index contributed by atoms with van der Waals surface area (Å²) < 4.78 is 0. The lowest BCUT2D eigenvalue weighted by Gasteiger charge is -2.45. The van der Waals surface area contributed by atoms with Crippen molar-refractivity contribution in [2.24, 2.45) is 0 Å². The molecule has 0 spiro atoms. The van der Waals surface area contributed by atoms with Gasteiger partial charge < -0.3 is 10.0 Å². The van der Waals surface area contributed by atoms with Crippen LogP contribution in [0.3, 0.4) is 0 Å². The molecule has 1 aliphatic rings. The molecule has 0 radical (unpaired) electrons. The van der Waals surface area contributed by atoms with Gasteiger partial charge in [-0.25, -0.2) is 0 Å². The molecule has 4 heteroatoms. The van der Waals surface area contributed by atoms with Gasteiger partial charge in [0.1, 0.15) is 0 Å². The summed E-state index contributed by atoms with van der Waals surface area (Å²) in [4.78, 5) is 14.3. The molecule has 1 fully saturated rings. The summed E-state index contributed by atoms with van der Waals surface area (Å²) in [6, 6.07) is 1.90. The number of carbonyl (C=O) groups excluding carboxylic acids is 1. The van der Waals surface area contributed by atoms with Crippen molar-refractivity contribution >= 4 is 17.2 Å². The Bertz CT molecular complexity index is 380. The smallest absolute Gasteiger partial charge is 0.264 e. The minimum Gasteiger partial charge on any atom is -0.386 e. The molecule has 1 saturated heterocycles. The molecule has 1 N–H and O–H groups in total. The maximum Gasteiger partial charge on any atom is 0.264 e. The Morgan fingerprint density at radius 2 is 2.33 bits per heavy atom. The maximum atomic E-state index is 11.9. The highest BCUT2D eigenvalue weighted by Gasteiger charge is 2.42. The van der Waals surface area contributed by atoms with Gasteiger partial charge in [0.15, 0.2) is 0 Å². The zero-order valence-corrected chi connectivity index (χ0v) is 9.80. The Morgan fingerprint density at radius 1 is 1.67 bits per heavy atom. The van der Waals surface area contributed by atoms with Gasteiger partial charge >= 0.3 is 0 Å². The molecule has 3 nitrogen and oxygen atoms in total. The van der Waals surface area contributed by atoms with Crippen LogP contribution in [-0.4, -0.2) is 34.6 Å². The standard InChI is InChI=1S/C11H15NO2S/c1-3-11(14)6-12(7-11)10(13)9-4-8(2)5-15-9/h4-5,14H,3,6-7H2,1-2H3. The van der Waals surface area contributed by atoms with Crippen molar-refractivity contribution in [2.45, 2.75) is 25.9 Å². The van der Waals surface area contributed by atoms with Crippen molar-refractivity contribution in [3.8, 4) is 0 Å². The van der Waals surface area contributed by atoms with E-state index in [4.69, 9.17) is 0 Å². The summed E-state index contributed by atoms with van der Waals surface area (Å²) in [5, 5.41) is 11.8. The van der Waals surface area contributed by atoms with E-state index in [1.165, 1.54) is 11.3 Å². The number of aliphatic hydroxyl groups is 1. The third kappa shape index (κ3) is 1.92. The summed E-state index contributed by atoms with van der Waals surface area (Å²) in [6.45, 7) is 4.86. The Labute approximate surface area is 93.3 Å². The number of aryl methyl sites for hydroxylation is 1. The van der Waals surface area contributed by atoms with Gasteiger partial charge in [0.25, 0.3) is 5.91 Å². The fraction of sp³-hybridized carbons (Fsp3) is 0.545. The van der Waals surface area contributed by atoms with Gasteiger partial charge in [0, 0.05) is 0 Å². The minimum atomic E-state index is -0.637. The van der Waals surface area contributed by atoms with Crippen LogP contribution in [0.15, 0.2) is 11.4 Å². The van der Waals surface area contributed by atoms with Gasteiger partial charge in [-0.05, 0) is 30.4 Å². The molecular weight excluding hydrogens is 210 g/mol. The van der Waals surface area contributed by atoms with Crippen LogP contribution in [0.1, 0.15) is 28.6 Å². The molecule has 0 atom stereocenters. The number of thiophene rings is 1. The topological polar surface area (TPSA) is 40.5 Å². The highest BCUT2D eigenvalue weighted by molar-refractivity contribution is 7.12. The zero-order valence-electron chi connectivity index (χ0n) is 8.99. The predicted molar refractivity (Wildman–Crippen MR) is 60.2 cm³/mol. The highest BCUT2D eigenvalue weighted by atomic mass is 32.1. The van der Waals surface area contributed by atoms with Crippen LogP contribution < -0.4 is 0 Å². The van der Waals surface area contributed by atoms with Crippen molar-refractivity contribution < 1.29 is 9.90 Å². The fourth-order valence-electron chi connectivity index (χ4n) is 1.73. The first-order valence-corrected chi connectivity index (χ1v) is 5.99. The van der Waals surface area contributed by atoms with E-state index in [2.05, 4.69) is 0 Å². The molecular formula is C11H15NO2S. The van der Waals surface area contributed by atoms with Crippen LogP contribution in [-0.2, 0) is 0 Å². The number of amides is 1. The van der Waals surface area contributed by atoms with E-state index in [0.29, 0.717) is 19.5 Å². The lowest BCUT2D eigenvalue weighted by molar-refractivity contribution is -0.0824. The van der Waals surface area contributed by atoms with Crippen molar-refractivity contribution in [3.05, 3.63) is 21.9 Å². The van der Waals surface area contributed by atoms with Crippen molar-refractivity contribution in [1.82, 2.24) is 4.90 Å². The van der Waals surface area contributed by atoms with E-state index in [1.54, 1.807) is 4.90 Å². The number of β-amino-alcohol motifs (C(OH)–C–C–N with tert-alkyl or cyclic N) is 1. The summed E-state index contributed by atoms with van der Waals surface area (Å²) in [5.41, 5.74) is 0.483. The fourth-order valence-corrected chi connectivity index (χ4v) is 2.60. The Balaban J connectivity index is 2.00. The summed E-state index contributed by atoms with van der Waals surface area (Å²) in [7, 11) is 0. The molecule has 1 aromatic heterocycles. The van der Waals surface area contributed by atoms with Crippen LogP contribution in [0.4, 0.5) is 0 Å². The zero-order chi connectivity index (χ0) is 11.1. The van der Waals surface area contributed by atoms with Gasteiger partial charge in [-0.15, -0.1) is 11.3 Å². The van der Waals surface area contributed by atoms with E-state index in [1.807, 2.05) is 25.3 Å². The van der Waals surface area contributed by atoms with Gasteiger partial charge in [0.05, 0.1) is 23.6 Å².